The van der Waals surface area contributed by atoms with E-state index in [2.05, 4.69) is 65.6 Å². The Balaban J connectivity index is 1.45. The highest BCUT2D eigenvalue weighted by Crippen LogP contribution is 2.33. The van der Waals surface area contributed by atoms with Gasteiger partial charge in [-0.15, -0.1) is 0 Å². The molecule has 0 bridgehead atoms. The van der Waals surface area contributed by atoms with Crippen LogP contribution in [0.15, 0.2) is 121 Å². The fourth-order valence-electron chi connectivity index (χ4n) is 5.79. The molecule has 0 amide bonds. The molecule has 6 heteroatoms. The van der Waals surface area contributed by atoms with Gasteiger partial charge in [0.25, 0.3) is 0 Å². The Kier molecular flexibility index (Phi) is 11.9. The predicted molar refractivity (Wildman–Crippen MR) is 168 cm³/mol. The lowest BCUT2D eigenvalue weighted by molar-refractivity contribution is -0.105. The van der Waals surface area contributed by atoms with Crippen LogP contribution in [0.1, 0.15) is 35.1 Å². The molecule has 5 rings (SSSR count). The zero-order valence-electron chi connectivity index (χ0n) is 24.7. The van der Waals surface area contributed by atoms with Crippen LogP contribution in [0.2, 0.25) is 0 Å². The van der Waals surface area contributed by atoms with Crippen LogP contribution in [-0.2, 0) is 40.6 Å². The van der Waals surface area contributed by atoms with Crippen LogP contribution in [0.4, 0.5) is 0 Å². The van der Waals surface area contributed by atoms with Gasteiger partial charge >= 0.3 is 0 Å². The molecule has 0 aliphatic carbocycles. The standard InChI is InChI=1S/C37H43NO5/c39-25-33(40)21-22-34(41-26-30-15-7-2-8-16-30)36-37(43-28-32-19-11-4-12-20-32)35(42-27-31-17-9-3-10-18-31)24-38(36)23-29-13-5-1-6-14-29/h1-20,33-37,39-40H,21-28H2/t33?,34-,35+,36+,37-/m1/s1. The Labute approximate surface area is 255 Å². The molecule has 0 radical (unpaired) electrons. The monoisotopic (exact) mass is 581 g/mol. The minimum atomic E-state index is -0.805. The van der Waals surface area contributed by atoms with E-state index in [1.165, 1.54) is 5.56 Å². The minimum absolute atomic E-state index is 0.140. The van der Waals surface area contributed by atoms with Crippen LogP contribution in [0.5, 0.6) is 0 Å². The summed E-state index contributed by atoms with van der Waals surface area (Å²) in [6.07, 6.45) is -0.548. The van der Waals surface area contributed by atoms with Crippen LogP contribution in [0.3, 0.4) is 0 Å². The first-order chi connectivity index (χ1) is 21.2. The molecule has 1 heterocycles. The van der Waals surface area contributed by atoms with Gasteiger partial charge in [-0.1, -0.05) is 121 Å². The van der Waals surface area contributed by atoms with Crippen molar-refractivity contribution in [1.82, 2.24) is 4.90 Å². The lowest BCUT2D eigenvalue weighted by Crippen LogP contribution is -2.48. The molecule has 43 heavy (non-hydrogen) atoms. The molecular weight excluding hydrogens is 538 g/mol. The number of aliphatic hydroxyl groups is 2. The number of likely N-dealkylation sites (tertiary alicyclic amines) is 1. The van der Waals surface area contributed by atoms with Crippen molar-refractivity contribution in [1.29, 1.82) is 0 Å². The smallest absolute Gasteiger partial charge is 0.103 e. The van der Waals surface area contributed by atoms with Gasteiger partial charge in [0.05, 0.1) is 50.8 Å². The Morgan fingerprint density at radius 1 is 0.628 bits per heavy atom. The maximum absolute atomic E-state index is 10.3. The normalized spacial score (nSPS) is 20.2. The van der Waals surface area contributed by atoms with Gasteiger partial charge in [-0.2, -0.15) is 0 Å². The second-order valence-electron chi connectivity index (χ2n) is 11.3. The Bertz CT molecular complexity index is 1310. The summed E-state index contributed by atoms with van der Waals surface area (Å²) in [4.78, 5) is 2.42. The molecule has 0 saturated carbocycles. The summed E-state index contributed by atoms with van der Waals surface area (Å²) in [6, 6.07) is 40.9. The maximum Gasteiger partial charge on any atom is 0.103 e. The van der Waals surface area contributed by atoms with E-state index >= 15 is 0 Å². The molecule has 1 fully saturated rings. The van der Waals surface area contributed by atoms with Gasteiger partial charge in [-0.05, 0) is 35.1 Å². The second kappa shape index (κ2) is 16.5. The van der Waals surface area contributed by atoms with Crippen molar-refractivity contribution >= 4 is 0 Å². The van der Waals surface area contributed by atoms with Crippen molar-refractivity contribution < 1.29 is 24.4 Å². The molecule has 6 nitrogen and oxygen atoms in total. The van der Waals surface area contributed by atoms with Crippen molar-refractivity contribution in [2.75, 3.05) is 13.2 Å². The first-order valence-corrected chi connectivity index (χ1v) is 15.2. The fraction of sp³-hybridized carbons (Fsp3) is 0.351. The van der Waals surface area contributed by atoms with E-state index in [1.54, 1.807) is 0 Å². The number of aliphatic hydroxyl groups excluding tert-OH is 2. The predicted octanol–water partition coefficient (Wildman–Crippen LogP) is 5.76. The summed E-state index contributed by atoms with van der Waals surface area (Å²) in [5.41, 5.74) is 4.50. The highest BCUT2D eigenvalue weighted by molar-refractivity contribution is 5.18. The summed E-state index contributed by atoms with van der Waals surface area (Å²) < 4.78 is 20.1. The lowest BCUT2D eigenvalue weighted by atomic mass is 9.97. The summed E-state index contributed by atoms with van der Waals surface area (Å²) in [7, 11) is 0. The zero-order valence-corrected chi connectivity index (χ0v) is 24.7. The molecule has 0 spiro atoms. The second-order valence-corrected chi connectivity index (χ2v) is 11.3. The molecule has 2 N–H and O–H groups in total. The molecule has 1 aliphatic rings. The molecule has 226 valence electrons. The summed E-state index contributed by atoms with van der Waals surface area (Å²) in [5, 5.41) is 19.9. The van der Waals surface area contributed by atoms with Gasteiger partial charge in [-0.3, -0.25) is 4.90 Å². The number of hydrogen-bond donors (Lipinski definition) is 2. The fourth-order valence-corrected chi connectivity index (χ4v) is 5.79. The summed E-state index contributed by atoms with van der Waals surface area (Å²) >= 11 is 0. The third kappa shape index (κ3) is 9.31. The number of ether oxygens (including phenoxy) is 3. The van der Waals surface area contributed by atoms with Gasteiger partial charge in [-0.25, -0.2) is 0 Å². The van der Waals surface area contributed by atoms with Crippen LogP contribution in [0, 0.1) is 0 Å². The molecule has 4 aromatic carbocycles. The molecule has 1 aliphatic heterocycles. The Hall–Kier alpha value is -3.36. The van der Waals surface area contributed by atoms with Gasteiger partial charge in [0.2, 0.25) is 0 Å². The van der Waals surface area contributed by atoms with E-state index < -0.39 is 6.10 Å². The average Bonchev–Trinajstić information content (AvgIpc) is 3.40. The Morgan fingerprint density at radius 2 is 1.12 bits per heavy atom. The molecule has 5 atom stereocenters. The van der Waals surface area contributed by atoms with Gasteiger partial charge < -0.3 is 24.4 Å². The first kappa shape index (κ1) is 31.1. The summed E-state index contributed by atoms with van der Waals surface area (Å²) in [6.45, 7) is 2.51. The van der Waals surface area contributed by atoms with E-state index in [9.17, 15) is 10.2 Å². The van der Waals surface area contributed by atoms with E-state index in [0.29, 0.717) is 39.2 Å². The van der Waals surface area contributed by atoms with Crippen LogP contribution >= 0.6 is 0 Å². The first-order valence-electron chi connectivity index (χ1n) is 15.2. The molecule has 4 aromatic rings. The van der Waals surface area contributed by atoms with E-state index in [1.807, 2.05) is 60.7 Å². The van der Waals surface area contributed by atoms with Crippen molar-refractivity contribution in [3.05, 3.63) is 144 Å². The van der Waals surface area contributed by atoms with E-state index in [-0.39, 0.29) is 31.0 Å². The van der Waals surface area contributed by atoms with Crippen molar-refractivity contribution in [2.45, 2.75) is 69.7 Å². The van der Waals surface area contributed by atoms with Gasteiger partial charge in [0, 0.05) is 13.1 Å². The number of nitrogens with zero attached hydrogens (tertiary/aromatic N) is 1. The average molecular weight is 582 g/mol. The topological polar surface area (TPSA) is 71.4 Å². The van der Waals surface area contributed by atoms with Gasteiger partial charge in [0.1, 0.15) is 6.10 Å². The maximum atomic E-state index is 10.3. The van der Waals surface area contributed by atoms with E-state index in [4.69, 9.17) is 14.2 Å². The molecule has 0 aromatic heterocycles. The quantitative estimate of drug-likeness (QED) is 0.175. The van der Waals surface area contributed by atoms with Crippen LogP contribution in [0.25, 0.3) is 0 Å². The highest BCUT2D eigenvalue weighted by atomic mass is 16.5. The Morgan fingerprint density at radius 3 is 1.65 bits per heavy atom. The largest absolute Gasteiger partial charge is 0.394 e. The SMILES string of the molecule is OCC(O)CC[C@@H](OCc1ccccc1)[C@H]1[C@H](OCc2ccccc2)[C@@H](OCc2ccccc2)CN1Cc1ccccc1. The van der Waals surface area contributed by atoms with Gasteiger partial charge in [0.15, 0.2) is 0 Å². The van der Waals surface area contributed by atoms with Crippen LogP contribution in [-0.4, -0.2) is 58.7 Å². The molecule has 1 unspecified atom stereocenters. The molecular formula is C37H43NO5. The molecule has 1 saturated heterocycles. The number of hydrogen-bond acceptors (Lipinski definition) is 6. The van der Waals surface area contributed by atoms with Crippen LogP contribution < -0.4 is 0 Å². The zero-order chi connectivity index (χ0) is 29.7. The van der Waals surface area contributed by atoms with Crippen molar-refractivity contribution in [3.8, 4) is 0 Å². The third-order valence-electron chi connectivity index (χ3n) is 8.04. The van der Waals surface area contributed by atoms with Crippen molar-refractivity contribution in [2.24, 2.45) is 0 Å². The highest BCUT2D eigenvalue weighted by Gasteiger charge is 2.47. The van der Waals surface area contributed by atoms with E-state index in [0.717, 1.165) is 23.2 Å². The number of rotatable bonds is 16. The summed E-state index contributed by atoms with van der Waals surface area (Å²) in [5.74, 6) is 0. The minimum Gasteiger partial charge on any atom is -0.394 e. The number of benzene rings is 4. The third-order valence-corrected chi connectivity index (χ3v) is 8.04. The van der Waals surface area contributed by atoms with Crippen molar-refractivity contribution in [3.63, 3.8) is 0 Å². The lowest BCUT2D eigenvalue weighted by Gasteiger charge is -2.35.